The number of fused-ring (bicyclic) bond motifs is 2. The molecule has 0 saturated carbocycles. The molecule has 0 heterocycles. The zero-order valence-electron chi connectivity index (χ0n) is 20.8. The van der Waals surface area contributed by atoms with E-state index < -0.39 is 0 Å². The zero-order valence-corrected chi connectivity index (χ0v) is 20.8. The minimum Gasteiger partial charge on any atom is -0.0804 e. The van der Waals surface area contributed by atoms with Gasteiger partial charge in [0.2, 0.25) is 0 Å². The highest BCUT2D eigenvalue weighted by Gasteiger charge is 2.17. The van der Waals surface area contributed by atoms with E-state index in [0.29, 0.717) is 0 Å². The predicted octanol–water partition coefficient (Wildman–Crippen LogP) is 9.24. The molecule has 0 heteroatoms. The number of rotatable bonds is 6. The van der Waals surface area contributed by atoms with Gasteiger partial charge < -0.3 is 0 Å². The summed E-state index contributed by atoms with van der Waals surface area (Å²) in [5, 5.41) is 0. The normalized spacial score (nSPS) is 16.0. The van der Waals surface area contributed by atoms with Crippen LogP contribution in [0.4, 0.5) is 0 Å². The number of hydrogen-bond acceptors (Lipinski definition) is 0. The molecule has 176 valence electrons. The summed E-state index contributed by atoms with van der Waals surface area (Å²) in [6, 6.07) is 30.3. The van der Waals surface area contributed by atoms with Gasteiger partial charge in [0.15, 0.2) is 0 Å². The molecule has 0 fully saturated rings. The smallest absolute Gasteiger partial charge is 0.00229 e. The van der Waals surface area contributed by atoms with Gasteiger partial charge in [-0.15, -0.1) is 0 Å². The van der Waals surface area contributed by atoms with Gasteiger partial charge in [-0.2, -0.15) is 0 Å². The highest BCUT2D eigenvalue weighted by Crippen LogP contribution is 2.35. The highest BCUT2D eigenvalue weighted by atomic mass is 14.2. The number of aryl methyl sites for hydroxylation is 1. The van der Waals surface area contributed by atoms with Crippen molar-refractivity contribution in [3.8, 4) is 0 Å². The third-order valence-electron chi connectivity index (χ3n) is 7.33. The van der Waals surface area contributed by atoms with Crippen LogP contribution in [0.1, 0.15) is 60.8 Å². The molecule has 0 bridgehead atoms. The molecule has 3 aromatic carbocycles. The summed E-state index contributed by atoms with van der Waals surface area (Å²) in [7, 11) is 0. The monoisotopic (exact) mass is 456 g/mol. The number of allylic oxidation sites excluding steroid dienone is 8. The van der Waals surface area contributed by atoms with Crippen LogP contribution in [-0.2, 0) is 19.3 Å². The molecule has 0 unspecified atom stereocenters. The second-order valence-electron chi connectivity index (χ2n) is 9.80. The molecule has 0 N–H and O–H groups in total. The molecule has 35 heavy (non-hydrogen) atoms. The third kappa shape index (κ3) is 6.20. The van der Waals surface area contributed by atoms with Gasteiger partial charge in [-0.25, -0.2) is 0 Å². The molecule has 0 radical (unpaired) electrons. The second kappa shape index (κ2) is 11.8. The van der Waals surface area contributed by atoms with Crippen LogP contribution in [0.2, 0.25) is 0 Å². The van der Waals surface area contributed by atoms with Crippen molar-refractivity contribution in [1.29, 1.82) is 0 Å². The van der Waals surface area contributed by atoms with Crippen molar-refractivity contribution in [1.82, 2.24) is 0 Å². The number of benzene rings is 3. The summed E-state index contributed by atoms with van der Waals surface area (Å²) in [4.78, 5) is 0. The SMILES string of the molecule is C1=C(CCCc2ccccc2)c2ccccc2C1.C1=C2CC=C(Cc3ccccc3)C2=CCCC1. The Bertz CT molecular complexity index is 1240. The lowest BCUT2D eigenvalue weighted by Crippen LogP contribution is -1.91. The van der Waals surface area contributed by atoms with Gasteiger partial charge in [0.25, 0.3) is 0 Å². The van der Waals surface area contributed by atoms with Crippen LogP contribution in [0.5, 0.6) is 0 Å². The molecular weight excluding hydrogens is 420 g/mol. The molecule has 3 aromatic rings. The molecule has 0 nitrogen and oxygen atoms in total. The average molecular weight is 457 g/mol. The Labute approximate surface area is 211 Å². The molecule has 0 atom stereocenters. The van der Waals surface area contributed by atoms with Crippen LogP contribution in [0, 0.1) is 0 Å². The molecular formula is C35H36. The van der Waals surface area contributed by atoms with Crippen molar-refractivity contribution in [2.75, 3.05) is 0 Å². The standard InChI is InChI=1S/C18H18.C17H18/c1-2-7-15(8-3-1)9-6-11-17-14-13-16-10-4-5-12-18(16)17;1-3-7-14(8-4-1)13-16-12-11-15-9-5-2-6-10-17(15)16/h1-5,7-8,10,12,14H,6,9,11,13H2;1,3-4,7-10,12H,2,5-6,11,13H2. The van der Waals surface area contributed by atoms with Gasteiger partial charge in [0.1, 0.15) is 0 Å². The van der Waals surface area contributed by atoms with E-state index in [1.165, 1.54) is 71.9 Å². The summed E-state index contributed by atoms with van der Waals surface area (Å²) in [6.45, 7) is 0. The van der Waals surface area contributed by atoms with E-state index in [1.807, 2.05) is 0 Å². The maximum Gasteiger partial charge on any atom is -0.00229 e. The zero-order chi connectivity index (χ0) is 23.7. The fourth-order valence-corrected chi connectivity index (χ4v) is 5.46. The van der Waals surface area contributed by atoms with E-state index in [4.69, 9.17) is 0 Å². The van der Waals surface area contributed by atoms with Crippen LogP contribution in [0.15, 0.2) is 126 Å². The first kappa shape index (κ1) is 23.4. The molecule has 0 spiro atoms. The predicted molar refractivity (Wildman–Crippen MR) is 150 cm³/mol. The van der Waals surface area contributed by atoms with Gasteiger partial charge in [0.05, 0.1) is 0 Å². The summed E-state index contributed by atoms with van der Waals surface area (Å²) in [6.07, 6.45) is 20.5. The summed E-state index contributed by atoms with van der Waals surface area (Å²) in [5.41, 5.74) is 12.0. The summed E-state index contributed by atoms with van der Waals surface area (Å²) >= 11 is 0. The van der Waals surface area contributed by atoms with E-state index in [1.54, 1.807) is 11.1 Å². The Morgan fingerprint density at radius 3 is 2.06 bits per heavy atom. The lowest BCUT2D eigenvalue weighted by atomic mass is 9.98. The Morgan fingerprint density at radius 2 is 1.23 bits per heavy atom. The van der Waals surface area contributed by atoms with Crippen LogP contribution >= 0.6 is 0 Å². The molecule has 0 aliphatic heterocycles. The first-order valence-corrected chi connectivity index (χ1v) is 13.3. The van der Waals surface area contributed by atoms with Crippen molar-refractivity contribution in [2.24, 2.45) is 0 Å². The van der Waals surface area contributed by atoms with Crippen molar-refractivity contribution >= 4 is 5.57 Å². The van der Waals surface area contributed by atoms with E-state index in [0.717, 1.165) is 19.3 Å². The van der Waals surface area contributed by atoms with Crippen molar-refractivity contribution in [3.05, 3.63) is 148 Å². The maximum atomic E-state index is 2.45. The van der Waals surface area contributed by atoms with Crippen molar-refractivity contribution in [3.63, 3.8) is 0 Å². The molecule has 0 saturated heterocycles. The van der Waals surface area contributed by atoms with Gasteiger partial charge in [0, 0.05) is 0 Å². The topological polar surface area (TPSA) is 0 Å². The van der Waals surface area contributed by atoms with Crippen LogP contribution in [-0.4, -0.2) is 0 Å². The van der Waals surface area contributed by atoms with Gasteiger partial charge in [-0.3, -0.25) is 0 Å². The quantitative estimate of drug-likeness (QED) is 0.347. The lowest BCUT2D eigenvalue weighted by Gasteiger charge is -2.07. The van der Waals surface area contributed by atoms with Gasteiger partial charge in [-0.1, -0.05) is 109 Å². The minimum atomic E-state index is 1.09. The Morgan fingerprint density at radius 1 is 0.543 bits per heavy atom. The molecule has 3 aliphatic rings. The molecule has 3 aliphatic carbocycles. The fraction of sp³-hybridized carbons (Fsp3) is 0.257. The van der Waals surface area contributed by atoms with E-state index in [2.05, 4.69) is 109 Å². The van der Waals surface area contributed by atoms with Gasteiger partial charge >= 0.3 is 0 Å². The largest absolute Gasteiger partial charge is 0.0804 e. The second-order valence-corrected chi connectivity index (χ2v) is 9.80. The molecule has 0 amide bonds. The highest BCUT2D eigenvalue weighted by molar-refractivity contribution is 5.72. The van der Waals surface area contributed by atoms with Crippen LogP contribution < -0.4 is 0 Å². The molecule has 6 rings (SSSR count). The first-order valence-electron chi connectivity index (χ1n) is 13.3. The first-order chi connectivity index (χ1) is 17.4. The Kier molecular flexibility index (Phi) is 7.91. The van der Waals surface area contributed by atoms with Crippen LogP contribution in [0.3, 0.4) is 0 Å². The lowest BCUT2D eigenvalue weighted by molar-refractivity contribution is 0.854. The van der Waals surface area contributed by atoms with Crippen molar-refractivity contribution < 1.29 is 0 Å². The fourth-order valence-electron chi connectivity index (χ4n) is 5.46. The van der Waals surface area contributed by atoms with E-state index in [-0.39, 0.29) is 0 Å². The Balaban J connectivity index is 0.000000145. The Hall–Kier alpha value is -3.38. The average Bonchev–Trinajstić information content (AvgIpc) is 3.41. The van der Waals surface area contributed by atoms with Gasteiger partial charge in [-0.05, 0) is 102 Å². The summed E-state index contributed by atoms with van der Waals surface area (Å²) < 4.78 is 0. The minimum absolute atomic E-state index is 1.09. The van der Waals surface area contributed by atoms with E-state index in [9.17, 15) is 0 Å². The molecule has 0 aromatic heterocycles. The maximum absolute atomic E-state index is 2.45. The van der Waals surface area contributed by atoms with E-state index >= 15 is 0 Å². The number of hydrogen-bond donors (Lipinski definition) is 0. The third-order valence-corrected chi connectivity index (χ3v) is 7.33. The summed E-state index contributed by atoms with van der Waals surface area (Å²) in [5.74, 6) is 0. The van der Waals surface area contributed by atoms with Crippen molar-refractivity contribution in [2.45, 2.75) is 57.8 Å². The van der Waals surface area contributed by atoms with Crippen LogP contribution in [0.25, 0.3) is 5.57 Å².